The van der Waals surface area contributed by atoms with Crippen LogP contribution in [-0.2, 0) is 4.74 Å². The number of nitrogen functional groups attached to an aromatic ring is 1. The Kier molecular flexibility index (Phi) is 5.07. The van der Waals surface area contributed by atoms with E-state index in [2.05, 4.69) is 25.5 Å². The van der Waals surface area contributed by atoms with Gasteiger partial charge in [0.05, 0.1) is 12.7 Å². The fourth-order valence-corrected chi connectivity index (χ4v) is 3.10. The maximum Gasteiger partial charge on any atom is 0.222 e. The van der Waals surface area contributed by atoms with Crippen LogP contribution in [0.25, 0.3) is 0 Å². The molecule has 4 N–H and O–H groups in total. The van der Waals surface area contributed by atoms with Crippen LogP contribution >= 0.6 is 0 Å². The Morgan fingerprint density at radius 3 is 2.91 bits per heavy atom. The van der Waals surface area contributed by atoms with Crippen LogP contribution < -0.4 is 21.3 Å². The summed E-state index contributed by atoms with van der Waals surface area (Å²) >= 11 is 0. The molecule has 1 aromatic heterocycles. The number of rotatable bonds is 4. The molecule has 0 saturated carbocycles. The standard InChI is InChI=1S/C15H26N6O/c1-11-8-14(20-15(16)19-11)21-5-2-12(3-6-21)18-10-13-9-17-4-7-22-13/h8,12-13,17-18H,2-7,9-10H2,1H3,(H2,16,19,20). The summed E-state index contributed by atoms with van der Waals surface area (Å²) in [7, 11) is 0. The van der Waals surface area contributed by atoms with Crippen molar-refractivity contribution < 1.29 is 4.74 Å². The first-order valence-corrected chi connectivity index (χ1v) is 8.12. The SMILES string of the molecule is Cc1cc(N2CCC(NCC3CNCCO3)CC2)nc(N)n1. The van der Waals surface area contributed by atoms with E-state index in [4.69, 9.17) is 10.5 Å². The van der Waals surface area contributed by atoms with Crippen molar-refractivity contribution in [3.63, 3.8) is 0 Å². The summed E-state index contributed by atoms with van der Waals surface area (Å²) in [6.07, 6.45) is 2.53. The van der Waals surface area contributed by atoms with Crippen molar-refractivity contribution in [2.75, 3.05) is 50.0 Å². The minimum Gasteiger partial charge on any atom is -0.374 e. The van der Waals surface area contributed by atoms with Crippen LogP contribution in [0.1, 0.15) is 18.5 Å². The van der Waals surface area contributed by atoms with E-state index in [1.54, 1.807) is 0 Å². The monoisotopic (exact) mass is 306 g/mol. The minimum atomic E-state index is 0.302. The number of ether oxygens (including phenoxy) is 1. The fraction of sp³-hybridized carbons (Fsp3) is 0.733. The average Bonchev–Trinajstić information content (AvgIpc) is 2.53. The van der Waals surface area contributed by atoms with E-state index in [0.29, 0.717) is 18.1 Å². The summed E-state index contributed by atoms with van der Waals surface area (Å²) < 4.78 is 5.72. The summed E-state index contributed by atoms with van der Waals surface area (Å²) in [6.45, 7) is 7.61. The van der Waals surface area contributed by atoms with Crippen molar-refractivity contribution in [2.45, 2.75) is 31.9 Å². The van der Waals surface area contributed by atoms with E-state index < -0.39 is 0 Å². The van der Waals surface area contributed by atoms with Gasteiger partial charge in [-0.1, -0.05) is 0 Å². The molecule has 22 heavy (non-hydrogen) atoms. The molecule has 1 unspecified atom stereocenters. The molecule has 0 aliphatic carbocycles. The van der Waals surface area contributed by atoms with Gasteiger partial charge >= 0.3 is 0 Å². The molecular formula is C15H26N6O. The van der Waals surface area contributed by atoms with Gasteiger partial charge in [0.1, 0.15) is 5.82 Å². The van der Waals surface area contributed by atoms with Gasteiger partial charge in [-0.2, -0.15) is 4.98 Å². The van der Waals surface area contributed by atoms with Crippen LogP contribution in [-0.4, -0.2) is 61.4 Å². The number of nitrogens with one attached hydrogen (secondary N) is 2. The molecule has 7 nitrogen and oxygen atoms in total. The molecule has 2 aliphatic rings. The number of morpholine rings is 1. The number of aromatic nitrogens is 2. The summed E-state index contributed by atoms with van der Waals surface area (Å²) in [5.41, 5.74) is 6.66. The lowest BCUT2D eigenvalue weighted by Crippen LogP contribution is -2.49. The van der Waals surface area contributed by atoms with E-state index in [1.807, 2.05) is 13.0 Å². The first-order valence-electron chi connectivity index (χ1n) is 8.12. The molecule has 2 saturated heterocycles. The minimum absolute atomic E-state index is 0.302. The molecule has 1 aromatic rings. The van der Waals surface area contributed by atoms with Gasteiger partial charge in [0.25, 0.3) is 0 Å². The van der Waals surface area contributed by atoms with Crippen LogP contribution in [0.5, 0.6) is 0 Å². The number of nitrogens with two attached hydrogens (primary N) is 1. The summed E-state index contributed by atoms with van der Waals surface area (Å²) in [6, 6.07) is 2.56. The fourth-order valence-electron chi connectivity index (χ4n) is 3.10. The lowest BCUT2D eigenvalue weighted by Gasteiger charge is -2.34. The zero-order valence-corrected chi connectivity index (χ0v) is 13.2. The van der Waals surface area contributed by atoms with E-state index in [0.717, 1.165) is 63.7 Å². The number of anilines is 2. The molecule has 2 fully saturated rings. The number of piperidine rings is 1. The molecule has 0 radical (unpaired) electrons. The van der Waals surface area contributed by atoms with E-state index in [1.165, 1.54) is 0 Å². The van der Waals surface area contributed by atoms with Crippen molar-refractivity contribution >= 4 is 11.8 Å². The Hall–Kier alpha value is -1.44. The lowest BCUT2D eigenvalue weighted by atomic mass is 10.0. The Balaban J connectivity index is 1.45. The third kappa shape index (κ3) is 4.06. The van der Waals surface area contributed by atoms with Crippen molar-refractivity contribution in [2.24, 2.45) is 0 Å². The normalized spacial score (nSPS) is 23.7. The summed E-state index contributed by atoms with van der Waals surface area (Å²) in [5.74, 6) is 1.31. The van der Waals surface area contributed by atoms with Gasteiger partial charge in [-0.3, -0.25) is 0 Å². The molecule has 0 spiro atoms. The Labute approximate surface area is 131 Å². The molecule has 122 valence electrons. The van der Waals surface area contributed by atoms with Gasteiger partial charge in [0, 0.05) is 50.5 Å². The lowest BCUT2D eigenvalue weighted by molar-refractivity contribution is 0.0271. The molecule has 0 bridgehead atoms. The van der Waals surface area contributed by atoms with Crippen LogP contribution in [0, 0.1) is 6.92 Å². The zero-order valence-electron chi connectivity index (χ0n) is 13.2. The number of aryl methyl sites for hydroxylation is 1. The van der Waals surface area contributed by atoms with Crippen molar-refractivity contribution in [3.8, 4) is 0 Å². The van der Waals surface area contributed by atoms with Crippen LogP contribution in [0.4, 0.5) is 11.8 Å². The Morgan fingerprint density at radius 1 is 1.41 bits per heavy atom. The average molecular weight is 306 g/mol. The maximum absolute atomic E-state index is 5.74. The Morgan fingerprint density at radius 2 is 2.23 bits per heavy atom. The third-order valence-corrected chi connectivity index (χ3v) is 4.32. The second-order valence-electron chi connectivity index (χ2n) is 6.09. The van der Waals surface area contributed by atoms with E-state index >= 15 is 0 Å². The Bertz CT molecular complexity index is 463. The van der Waals surface area contributed by atoms with Gasteiger partial charge in [-0.25, -0.2) is 4.98 Å². The molecule has 1 atom stereocenters. The van der Waals surface area contributed by atoms with Gasteiger partial charge in [0.15, 0.2) is 0 Å². The molecule has 3 rings (SSSR count). The molecular weight excluding hydrogens is 280 g/mol. The number of hydrogen-bond donors (Lipinski definition) is 3. The summed E-state index contributed by atoms with van der Waals surface area (Å²) in [4.78, 5) is 10.8. The van der Waals surface area contributed by atoms with Crippen molar-refractivity contribution in [1.29, 1.82) is 0 Å². The highest BCUT2D eigenvalue weighted by Gasteiger charge is 2.22. The van der Waals surface area contributed by atoms with Crippen LogP contribution in [0.2, 0.25) is 0 Å². The van der Waals surface area contributed by atoms with Gasteiger partial charge in [-0.15, -0.1) is 0 Å². The smallest absolute Gasteiger partial charge is 0.222 e. The van der Waals surface area contributed by atoms with Crippen molar-refractivity contribution in [1.82, 2.24) is 20.6 Å². The predicted octanol–water partition coefficient (Wildman–Crippen LogP) is -0.0860. The van der Waals surface area contributed by atoms with Gasteiger partial charge < -0.3 is 26.0 Å². The first kappa shape index (κ1) is 15.5. The zero-order chi connectivity index (χ0) is 15.4. The third-order valence-electron chi connectivity index (χ3n) is 4.32. The maximum atomic E-state index is 5.74. The van der Waals surface area contributed by atoms with Crippen molar-refractivity contribution in [3.05, 3.63) is 11.8 Å². The highest BCUT2D eigenvalue weighted by molar-refractivity contribution is 5.43. The molecule has 0 amide bonds. The topological polar surface area (TPSA) is 88.3 Å². The van der Waals surface area contributed by atoms with E-state index in [9.17, 15) is 0 Å². The molecule has 2 aliphatic heterocycles. The first-order chi connectivity index (χ1) is 10.7. The quantitative estimate of drug-likeness (QED) is 0.716. The highest BCUT2D eigenvalue weighted by Crippen LogP contribution is 2.19. The number of hydrogen-bond acceptors (Lipinski definition) is 7. The summed E-state index contributed by atoms with van der Waals surface area (Å²) in [5, 5.41) is 7.00. The van der Waals surface area contributed by atoms with Gasteiger partial charge in [-0.05, 0) is 19.8 Å². The second-order valence-corrected chi connectivity index (χ2v) is 6.09. The van der Waals surface area contributed by atoms with Crippen LogP contribution in [0.3, 0.4) is 0 Å². The van der Waals surface area contributed by atoms with Crippen LogP contribution in [0.15, 0.2) is 6.07 Å². The second kappa shape index (κ2) is 7.21. The molecule has 3 heterocycles. The number of nitrogens with zero attached hydrogens (tertiary/aromatic N) is 3. The van der Waals surface area contributed by atoms with Gasteiger partial charge in [0.2, 0.25) is 5.95 Å². The molecule has 7 heteroatoms. The van der Waals surface area contributed by atoms with E-state index in [-0.39, 0.29) is 0 Å². The largest absolute Gasteiger partial charge is 0.374 e. The predicted molar refractivity (Wildman–Crippen MR) is 87.0 cm³/mol. The molecule has 0 aromatic carbocycles. The highest BCUT2D eigenvalue weighted by atomic mass is 16.5.